The largest absolute Gasteiger partial charge is 0.356 e. The first-order valence-corrected chi connectivity index (χ1v) is 11.0. The van der Waals surface area contributed by atoms with Gasteiger partial charge in [0, 0.05) is 31.6 Å². The van der Waals surface area contributed by atoms with Gasteiger partial charge in [-0.3, -0.25) is 4.79 Å². The monoisotopic (exact) mass is 400 g/mol. The predicted molar refractivity (Wildman–Crippen MR) is 111 cm³/mol. The highest BCUT2D eigenvalue weighted by Crippen LogP contribution is 2.22. The molecule has 0 radical (unpaired) electrons. The van der Waals surface area contributed by atoms with Crippen LogP contribution < -0.4 is 10.2 Å². The van der Waals surface area contributed by atoms with E-state index >= 15 is 0 Å². The van der Waals surface area contributed by atoms with Crippen LogP contribution in [0.5, 0.6) is 0 Å². The molecule has 2 saturated heterocycles. The van der Waals surface area contributed by atoms with Gasteiger partial charge in [0.05, 0.1) is 0 Å². The number of hydrogen-bond acceptors (Lipinski definition) is 7. The van der Waals surface area contributed by atoms with Gasteiger partial charge in [0.15, 0.2) is 11.5 Å². The SMILES string of the molecule is CC1CCCCN1CCCCNC(=O)C1CCN(c2ccc3nnnn3n2)CC1. The number of carbonyl (C=O) groups excluding carboxylic acids is 1. The van der Waals surface area contributed by atoms with Gasteiger partial charge >= 0.3 is 0 Å². The molecule has 0 bridgehead atoms. The number of aromatic nitrogens is 5. The van der Waals surface area contributed by atoms with E-state index < -0.39 is 0 Å². The average Bonchev–Trinajstić information content (AvgIpc) is 3.22. The highest BCUT2D eigenvalue weighted by Gasteiger charge is 2.25. The zero-order valence-electron chi connectivity index (χ0n) is 17.3. The Kier molecular flexibility index (Phi) is 6.53. The van der Waals surface area contributed by atoms with Gasteiger partial charge in [-0.15, -0.1) is 14.8 Å². The van der Waals surface area contributed by atoms with Gasteiger partial charge in [0.2, 0.25) is 5.91 Å². The van der Waals surface area contributed by atoms with Crippen molar-refractivity contribution in [3.8, 4) is 0 Å². The Morgan fingerprint density at radius 3 is 2.83 bits per heavy atom. The lowest BCUT2D eigenvalue weighted by atomic mass is 9.96. The molecule has 9 nitrogen and oxygen atoms in total. The van der Waals surface area contributed by atoms with Gasteiger partial charge in [-0.1, -0.05) is 6.42 Å². The third-order valence-electron chi connectivity index (χ3n) is 6.36. The molecule has 9 heteroatoms. The zero-order valence-corrected chi connectivity index (χ0v) is 17.3. The first kappa shape index (κ1) is 20.0. The fourth-order valence-electron chi connectivity index (χ4n) is 4.47. The summed E-state index contributed by atoms with van der Waals surface area (Å²) in [7, 11) is 0. The van der Waals surface area contributed by atoms with Crippen LogP contribution in [-0.4, -0.2) is 74.8 Å². The number of nitrogens with zero attached hydrogens (tertiary/aromatic N) is 7. The number of rotatable bonds is 7. The topological polar surface area (TPSA) is 91.5 Å². The number of likely N-dealkylation sites (tertiary alicyclic amines) is 1. The number of piperidine rings is 2. The lowest BCUT2D eigenvalue weighted by Gasteiger charge is -2.33. The molecular weight excluding hydrogens is 368 g/mol. The molecule has 0 saturated carbocycles. The number of nitrogens with one attached hydrogen (secondary N) is 1. The lowest BCUT2D eigenvalue weighted by Crippen LogP contribution is -2.41. The molecule has 1 N–H and O–H groups in total. The summed E-state index contributed by atoms with van der Waals surface area (Å²) in [6, 6.07) is 4.53. The summed E-state index contributed by atoms with van der Waals surface area (Å²) in [5, 5.41) is 18.9. The molecule has 0 aromatic carbocycles. The second-order valence-corrected chi connectivity index (χ2v) is 8.36. The molecule has 2 aromatic heterocycles. The van der Waals surface area contributed by atoms with Crippen LogP contribution in [0.2, 0.25) is 0 Å². The van der Waals surface area contributed by atoms with Crippen LogP contribution in [0, 0.1) is 5.92 Å². The van der Waals surface area contributed by atoms with Gasteiger partial charge in [0.25, 0.3) is 0 Å². The summed E-state index contributed by atoms with van der Waals surface area (Å²) in [6.45, 7) is 7.18. The van der Waals surface area contributed by atoms with Crippen LogP contribution >= 0.6 is 0 Å². The Morgan fingerprint density at radius 1 is 1.14 bits per heavy atom. The standard InChI is InChI=1S/C20H32N8O/c1-16-6-2-4-12-26(16)13-5-3-11-21-20(29)17-9-14-27(15-10-17)19-8-7-18-22-24-25-28(18)23-19/h7-8,16-17H,2-6,9-15H2,1H3,(H,21,29). The molecule has 2 aliphatic heterocycles. The van der Waals surface area contributed by atoms with Crippen molar-refractivity contribution in [2.45, 2.75) is 57.9 Å². The quantitative estimate of drug-likeness (QED) is 0.704. The summed E-state index contributed by atoms with van der Waals surface area (Å²) in [6.07, 6.45) is 7.96. The minimum absolute atomic E-state index is 0.102. The van der Waals surface area contributed by atoms with Gasteiger partial charge < -0.3 is 15.1 Å². The molecule has 1 unspecified atom stereocenters. The number of amides is 1. The van der Waals surface area contributed by atoms with E-state index in [-0.39, 0.29) is 11.8 Å². The number of anilines is 1. The molecule has 158 valence electrons. The molecule has 4 rings (SSSR count). The Hall–Kier alpha value is -2.29. The molecular formula is C20H32N8O. The van der Waals surface area contributed by atoms with Crippen LogP contribution in [-0.2, 0) is 4.79 Å². The Bertz CT molecular complexity index is 801. The Balaban J connectivity index is 1.14. The van der Waals surface area contributed by atoms with Gasteiger partial charge in [0.1, 0.15) is 0 Å². The minimum Gasteiger partial charge on any atom is -0.356 e. The van der Waals surface area contributed by atoms with E-state index in [4.69, 9.17) is 0 Å². The van der Waals surface area contributed by atoms with Crippen molar-refractivity contribution in [2.75, 3.05) is 37.6 Å². The zero-order chi connectivity index (χ0) is 20.1. The van der Waals surface area contributed by atoms with E-state index in [0.717, 1.165) is 63.7 Å². The molecule has 2 fully saturated rings. The van der Waals surface area contributed by atoms with Gasteiger partial charge in [-0.05, 0) is 81.1 Å². The Morgan fingerprint density at radius 2 is 2.00 bits per heavy atom. The molecule has 2 aliphatic rings. The van der Waals surface area contributed by atoms with Crippen LogP contribution in [0.15, 0.2) is 12.1 Å². The third-order valence-corrected chi connectivity index (χ3v) is 6.36. The fourth-order valence-corrected chi connectivity index (χ4v) is 4.47. The van der Waals surface area contributed by atoms with Crippen LogP contribution in [0.25, 0.3) is 5.65 Å². The Labute approximate surface area is 171 Å². The van der Waals surface area contributed by atoms with Crippen molar-refractivity contribution in [1.29, 1.82) is 0 Å². The van der Waals surface area contributed by atoms with Crippen LogP contribution in [0.1, 0.15) is 51.9 Å². The molecule has 1 amide bonds. The van der Waals surface area contributed by atoms with Crippen molar-refractivity contribution < 1.29 is 4.79 Å². The first-order valence-electron chi connectivity index (χ1n) is 11.0. The minimum atomic E-state index is 0.102. The average molecular weight is 401 g/mol. The van der Waals surface area contributed by atoms with Gasteiger partial charge in [-0.25, -0.2) is 0 Å². The van der Waals surface area contributed by atoms with Crippen LogP contribution in [0.3, 0.4) is 0 Å². The molecule has 2 aromatic rings. The fraction of sp³-hybridized carbons (Fsp3) is 0.750. The van der Waals surface area contributed by atoms with E-state index in [1.54, 1.807) is 0 Å². The maximum absolute atomic E-state index is 12.5. The molecule has 0 aliphatic carbocycles. The smallest absolute Gasteiger partial charge is 0.223 e. The molecule has 0 spiro atoms. The number of carbonyl (C=O) groups is 1. The summed E-state index contributed by atoms with van der Waals surface area (Å²) in [4.78, 5) is 17.3. The lowest BCUT2D eigenvalue weighted by molar-refractivity contribution is -0.125. The number of hydrogen-bond donors (Lipinski definition) is 1. The third kappa shape index (κ3) is 5.01. The summed E-state index contributed by atoms with van der Waals surface area (Å²) < 4.78 is 1.44. The highest BCUT2D eigenvalue weighted by atomic mass is 16.1. The van der Waals surface area contributed by atoms with Crippen molar-refractivity contribution >= 4 is 17.4 Å². The first-order chi connectivity index (χ1) is 14.2. The maximum atomic E-state index is 12.5. The molecule has 4 heterocycles. The van der Waals surface area contributed by atoms with E-state index in [2.05, 4.69) is 42.7 Å². The van der Waals surface area contributed by atoms with Gasteiger partial charge in [-0.2, -0.15) is 0 Å². The van der Waals surface area contributed by atoms with Crippen molar-refractivity contribution in [2.24, 2.45) is 5.92 Å². The van der Waals surface area contributed by atoms with E-state index in [0.29, 0.717) is 5.65 Å². The van der Waals surface area contributed by atoms with Crippen molar-refractivity contribution in [3.63, 3.8) is 0 Å². The van der Waals surface area contributed by atoms with E-state index in [1.165, 1.54) is 30.4 Å². The second-order valence-electron chi connectivity index (χ2n) is 8.36. The van der Waals surface area contributed by atoms with Crippen LogP contribution in [0.4, 0.5) is 5.82 Å². The van der Waals surface area contributed by atoms with Crippen molar-refractivity contribution in [1.82, 2.24) is 35.5 Å². The normalized spacial score (nSPS) is 21.6. The maximum Gasteiger partial charge on any atom is 0.223 e. The summed E-state index contributed by atoms with van der Waals surface area (Å²) in [5.41, 5.74) is 0.637. The number of fused-ring (bicyclic) bond motifs is 1. The molecule has 29 heavy (non-hydrogen) atoms. The van der Waals surface area contributed by atoms with E-state index in [9.17, 15) is 4.79 Å². The predicted octanol–water partition coefficient (Wildman–Crippen LogP) is 1.51. The number of tetrazole rings is 1. The second kappa shape index (κ2) is 9.47. The summed E-state index contributed by atoms with van der Waals surface area (Å²) >= 11 is 0. The van der Waals surface area contributed by atoms with Crippen molar-refractivity contribution in [3.05, 3.63) is 12.1 Å². The summed E-state index contributed by atoms with van der Waals surface area (Å²) in [5.74, 6) is 1.17. The molecule has 1 atom stereocenters. The highest BCUT2D eigenvalue weighted by molar-refractivity contribution is 5.78. The van der Waals surface area contributed by atoms with E-state index in [1.807, 2.05) is 12.1 Å². The number of unbranched alkanes of at least 4 members (excludes halogenated alkanes) is 1.